The highest BCUT2D eigenvalue weighted by Gasteiger charge is 2.19. The molecule has 0 radical (unpaired) electrons. The molecule has 66 heavy (non-hydrogen) atoms. The molecule has 0 amide bonds. The van der Waals surface area contributed by atoms with Gasteiger partial charge in [0.1, 0.15) is 13.2 Å². The van der Waals surface area contributed by atoms with Crippen molar-refractivity contribution >= 4 is 17.9 Å². The number of ether oxygens (including phenoxy) is 3. The van der Waals surface area contributed by atoms with Crippen LogP contribution in [0.2, 0.25) is 0 Å². The smallest absolute Gasteiger partial charge is 0.306 e. The van der Waals surface area contributed by atoms with Gasteiger partial charge in [0.15, 0.2) is 6.10 Å². The fourth-order valence-electron chi connectivity index (χ4n) is 7.45. The summed E-state index contributed by atoms with van der Waals surface area (Å²) < 4.78 is 16.8. The molecule has 6 nitrogen and oxygen atoms in total. The number of carbonyl (C=O) groups excluding carboxylic acids is 3. The minimum atomic E-state index is -0.783. The van der Waals surface area contributed by atoms with Crippen LogP contribution in [0.4, 0.5) is 0 Å². The van der Waals surface area contributed by atoms with Gasteiger partial charge in [-0.3, -0.25) is 14.4 Å². The SMILES string of the molecule is CC/C=C\C/C=C\C/C=C\C/C=C\C/C=C\CCCCCCCCCCCCCC(=O)OCC(COC(=O)CCCCCCC/C=C\CCC)OC(=O)CCCCCCC/C=C\CCCC. The molecule has 0 aliphatic carbocycles. The molecule has 0 saturated heterocycles. The van der Waals surface area contributed by atoms with E-state index in [9.17, 15) is 14.4 Å². The third kappa shape index (κ3) is 51.6. The first-order chi connectivity index (χ1) is 32.5. The van der Waals surface area contributed by atoms with E-state index in [-0.39, 0.29) is 31.1 Å². The van der Waals surface area contributed by atoms with Crippen molar-refractivity contribution in [3.63, 3.8) is 0 Å². The van der Waals surface area contributed by atoms with Crippen LogP contribution >= 0.6 is 0 Å². The predicted octanol–water partition coefficient (Wildman–Crippen LogP) is 18.4. The van der Waals surface area contributed by atoms with Gasteiger partial charge in [0.2, 0.25) is 0 Å². The maximum absolute atomic E-state index is 12.8. The zero-order valence-corrected chi connectivity index (χ0v) is 43.2. The van der Waals surface area contributed by atoms with Gasteiger partial charge in [0.25, 0.3) is 0 Å². The first-order valence-electron chi connectivity index (χ1n) is 27.6. The van der Waals surface area contributed by atoms with Gasteiger partial charge in [-0.1, -0.05) is 221 Å². The van der Waals surface area contributed by atoms with Crippen molar-refractivity contribution < 1.29 is 28.6 Å². The lowest BCUT2D eigenvalue weighted by Gasteiger charge is -2.18. The number of unbranched alkanes of at least 4 members (excludes halogenated alkanes) is 24. The Bertz CT molecular complexity index is 1290. The van der Waals surface area contributed by atoms with Crippen LogP contribution < -0.4 is 0 Å². The second-order valence-electron chi connectivity index (χ2n) is 18.1. The van der Waals surface area contributed by atoms with Crippen molar-refractivity contribution in [1.82, 2.24) is 0 Å². The zero-order chi connectivity index (χ0) is 47.9. The average Bonchev–Trinajstić information content (AvgIpc) is 3.31. The molecule has 1 atom stereocenters. The number of rotatable bonds is 49. The van der Waals surface area contributed by atoms with Crippen LogP contribution in [0.1, 0.15) is 258 Å². The Hall–Kier alpha value is -3.41. The molecule has 0 aromatic carbocycles. The van der Waals surface area contributed by atoms with Gasteiger partial charge >= 0.3 is 17.9 Å². The second-order valence-corrected chi connectivity index (χ2v) is 18.1. The Morgan fingerprint density at radius 2 is 0.621 bits per heavy atom. The lowest BCUT2D eigenvalue weighted by atomic mass is 10.0. The molecule has 0 heterocycles. The number of esters is 3. The fourth-order valence-corrected chi connectivity index (χ4v) is 7.45. The van der Waals surface area contributed by atoms with E-state index >= 15 is 0 Å². The Morgan fingerprint density at radius 3 is 1.00 bits per heavy atom. The summed E-state index contributed by atoms with van der Waals surface area (Å²) in [6.07, 6.45) is 70.2. The highest BCUT2D eigenvalue weighted by molar-refractivity contribution is 5.71. The first-order valence-corrected chi connectivity index (χ1v) is 27.6. The molecule has 378 valence electrons. The number of hydrogen-bond acceptors (Lipinski definition) is 6. The molecule has 0 aromatic heterocycles. The van der Waals surface area contributed by atoms with Crippen molar-refractivity contribution in [3.8, 4) is 0 Å². The monoisotopic (exact) mass is 919 g/mol. The van der Waals surface area contributed by atoms with Crippen LogP contribution in [-0.4, -0.2) is 37.2 Å². The van der Waals surface area contributed by atoms with Crippen LogP contribution in [0.5, 0.6) is 0 Å². The minimum absolute atomic E-state index is 0.0836. The molecule has 0 saturated carbocycles. The summed E-state index contributed by atoms with van der Waals surface area (Å²) in [5, 5.41) is 0. The Kier molecular flexibility index (Phi) is 51.4. The van der Waals surface area contributed by atoms with E-state index in [1.165, 1.54) is 103 Å². The molecule has 0 rings (SSSR count). The quantitative estimate of drug-likeness (QED) is 0.0262. The lowest BCUT2D eigenvalue weighted by Crippen LogP contribution is -2.30. The standard InChI is InChI=1S/C60H102O6/c1-4-7-10-13-16-19-22-23-24-25-26-27-28-29-30-31-32-33-34-35-36-37-39-41-44-47-50-53-59(62)65-56-57(55-64-58(61)52-49-46-43-40-21-18-15-12-9-6-3)66-60(63)54-51-48-45-42-38-20-17-14-11-8-5-2/h7,10,12,14-17,19,23-24,26-27,29-30,57H,4-6,8-9,11,13,18,20-22,25,28,31-56H2,1-3H3/b10-7-,15-12-,17-14-,19-16-,24-23-,27-26-,30-29-. The van der Waals surface area contributed by atoms with E-state index in [2.05, 4.69) is 106 Å². The van der Waals surface area contributed by atoms with Gasteiger partial charge in [-0.2, -0.15) is 0 Å². The summed E-state index contributed by atoms with van der Waals surface area (Å²) >= 11 is 0. The largest absolute Gasteiger partial charge is 0.462 e. The summed E-state index contributed by atoms with van der Waals surface area (Å²) in [4.78, 5) is 37.9. The maximum Gasteiger partial charge on any atom is 0.306 e. The van der Waals surface area contributed by atoms with Crippen LogP contribution in [-0.2, 0) is 28.6 Å². The molecule has 0 spiro atoms. The number of carbonyl (C=O) groups is 3. The van der Waals surface area contributed by atoms with E-state index in [0.29, 0.717) is 19.3 Å². The minimum Gasteiger partial charge on any atom is -0.462 e. The summed E-state index contributed by atoms with van der Waals surface area (Å²) in [5.41, 5.74) is 0. The molecule has 0 aliphatic heterocycles. The van der Waals surface area contributed by atoms with Gasteiger partial charge in [-0.25, -0.2) is 0 Å². The van der Waals surface area contributed by atoms with Gasteiger partial charge in [-0.05, 0) is 103 Å². The Balaban J connectivity index is 4.18. The summed E-state index contributed by atoms with van der Waals surface area (Å²) in [7, 11) is 0. The van der Waals surface area contributed by atoms with E-state index in [4.69, 9.17) is 14.2 Å². The summed E-state index contributed by atoms with van der Waals surface area (Å²) in [6.45, 7) is 6.41. The first kappa shape index (κ1) is 62.6. The molecular formula is C60H102O6. The highest BCUT2D eigenvalue weighted by Crippen LogP contribution is 2.15. The second kappa shape index (κ2) is 54.2. The molecule has 0 aliphatic rings. The molecule has 0 N–H and O–H groups in total. The van der Waals surface area contributed by atoms with Crippen LogP contribution in [0.25, 0.3) is 0 Å². The molecular weight excluding hydrogens is 817 g/mol. The van der Waals surface area contributed by atoms with Crippen molar-refractivity contribution in [1.29, 1.82) is 0 Å². The topological polar surface area (TPSA) is 78.9 Å². The fraction of sp³-hybridized carbons (Fsp3) is 0.717. The third-order valence-corrected chi connectivity index (χ3v) is 11.6. The predicted molar refractivity (Wildman–Crippen MR) is 284 cm³/mol. The molecule has 0 bridgehead atoms. The van der Waals surface area contributed by atoms with Crippen molar-refractivity contribution in [2.24, 2.45) is 0 Å². The molecule has 1 unspecified atom stereocenters. The van der Waals surface area contributed by atoms with E-state index in [1.54, 1.807) is 0 Å². The lowest BCUT2D eigenvalue weighted by molar-refractivity contribution is -0.167. The van der Waals surface area contributed by atoms with Gasteiger partial charge < -0.3 is 14.2 Å². The zero-order valence-electron chi connectivity index (χ0n) is 43.2. The van der Waals surface area contributed by atoms with Crippen LogP contribution in [0.15, 0.2) is 85.1 Å². The van der Waals surface area contributed by atoms with E-state index in [1.807, 2.05) is 0 Å². The molecule has 0 fully saturated rings. The van der Waals surface area contributed by atoms with Crippen molar-refractivity contribution in [2.45, 2.75) is 264 Å². The third-order valence-electron chi connectivity index (χ3n) is 11.6. The Labute approximate surface area is 407 Å². The Morgan fingerprint density at radius 1 is 0.318 bits per heavy atom. The summed E-state index contributed by atoms with van der Waals surface area (Å²) in [6, 6.07) is 0. The molecule has 6 heteroatoms. The number of hydrogen-bond donors (Lipinski definition) is 0. The number of allylic oxidation sites excluding steroid dienone is 14. The van der Waals surface area contributed by atoms with Gasteiger partial charge in [0.05, 0.1) is 0 Å². The van der Waals surface area contributed by atoms with Gasteiger partial charge in [0, 0.05) is 19.3 Å². The average molecular weight is 919 g/mol. The molecule has 0 aromatic rings. The van der Waals surface area contributed by atoms with Crippen molar-refractivity contribution in [3.05, 3.63) is 85.1 Å². The maximum atomic E-state index is 12.8. The van der Waals surface area contributed by atoms with Crippen LogP contribution in [0, 0.1) is 0 Å². The van der Waals surface area contributed by atoms with Gasteiger partial charge in [-0.15, -0.1) is 0 Å². The normalized spacial score (nSPS) is 12.7. The highest BCUT2D eigenvalue weighted by atomic mass is 16.6. The van der Waals surface area contributed by atoms with E-state index in [0.717, 1.165) is 116 Å². The van der Waals surface area contributed by atoms with Crippen molar-refractivity contribution in [2.75, 3.05) is 13.2 Å². The van der Waals surface area contributed by atoms with Crippen LogP contribution in [0.3, 0.4) is 0 Å². The summed E-state index contributed by atoms with van der Waals surface area (Å²) in [5.74, 6) is -0.907. The van der Waals surface area contributed by atoms with E-state index < -0.39 is 6.10 Å².